The van der Waals surface area contributed by atoms with Crippen LogP contribution in [0.3, 0.4) is 0 Å². The molecule has 0 unspecified atom stereocenters. The maximum Gasteiger partial charge on any atom is 0.112 e. The van der Waals surface area contributed by atoms with Gasteiger partial charge in [-0.25, -0.2) is 0 Å². The number of hydrogen-bond donors (Lipinski definition) is 2. The first kappa shape index (κ1) is 11.8. The molecule has 17 heavy (non-hydrogen) atoms. The molecule has 1 aliphatic heterocycles. The molecular weight excluding hydrogens is 212 g/mol. The van der Waals surface area contributed by atoms with E-state index in [1.807, 2.05) is 24.5 Å². The summed E-state index contributed by atoms with van der Waals surface area (Å²) in [4.78, 5) is 0. The number of nitrogens with two attached hydrogens (primary N) is 2. The summed E-state index contributed by atoms with van der Waals surface area (Å²) in [6, 6.07) is 5.74. The molecule has 0 saturated heterocycles. The Morgan fingerprint density at radius 1 is 1.00 bits per heavy atom. The molecule has 0 aliphatic carbocycles. The van der Waals surface area contributed by atoms with Crippen LogP contribution in [-0.4, -0.2) is 5.60 Å². The monoisotopic (exact) mass is 232 g/mol. The zero-order valence-electron chi connectivity index (χ0n) is 10.9. The average Bonchev–Trinajstić information content (AvgIpc) is 2.42. The van der Waals surface area contributed by atoms with Crippen LogP contribution in [0.4, 0.5) is 11.4 Å². The Kier molecular flexibility index (Phi) is 2.38. The van der Waals surface area contributed by atoms with Crippen LogP contribution in [0.1, 0.15) is 33.3 Å². The van der Waals surface area contributed by atoms with E-state index in [0.717, 1.165) is 11.1 Å². The SMILES string of the molecule is CC1(C)OC=C(c2ccc(N)c(N)c2)C1(C)C. The van der Waals surface area contributed by atoms with Crippen LogP contribution in [0.2, 0.25) is 0 Å². The van der Waals surface area contributed by atoms with Crippen LogP contribution < -0.4 is 11.5 Å². The molecule has 1 heterocycles. The molecular formula is C14H20N2O. The van der Waals surface area contributed by atoms with E-state index < -0.39 is 0 Å². The van der Waals surface area contributed by atoms with Crippen molar-refractivity contribution in [3.05, 3.63) is 30.0 Å². The summed E-state index contributed by atoms with van der Waals surface area (Å²) in [6.07, 6.45) is 1.84. The topological polar surface area (TPSA) is 61.3 Å². The average molecular weight is 232 g/mol. The molecule has 4 N–H and O–H groups in total. The van der Waals surface area contributed by atoms with Crippen LogP contribution >= 0.6 is 0 Å². The number of anilines is 2. The van der Waals surface area contributed by atoms with E-state index in [1.165, 1.54) is 0 Å². The molecule has 92 valence electrons. The Labute approximate surface area is 102 Å². The van der Waals surface area contributed by atoms with Crippen molar-refractivity contribution in [2.45, 2.75) is 33.3 Å². The third kappa shape index (κ3) is 1.66. The van der Waals surface area contributed by atoms with Crippen molar-refractivity contribution in [3.63, 3.8) is 0 Å². The highest BCUT2D eigenvalue weighted by Crippen LogP contribution is 2.50. The van der Waals surface area contributed by atoms with Crippen LogP contribution in [0.15, 0.2) is 24.5 Å². The fourth-order valence-corrected chi connectivity index (χ4v) is 2.00. The molecule has 0 atom stereocenters. The molecule has 1 aliphatic rings. The summed E-state index contributed by atoms with van der Waals surface area (Å²) in [5.41, 5.74) is 14.8. The maximum atomic E-state index is 5.85. The van der Waals surface area contributed by atoms with Crippen molar-refractivity contribution in [2.24, 2.45) is 5.41 Å². The van der Waals surface area contributed by atoms with Gasteiger partial charge in [0, 0.05) is 11.0 Å². The summed E-state index contributed by atoms with van der Waals surface area (Å²) in [5, 5.41) is 0. The van der Waals surface area contributed by atoms with Crippen molar-refractivity contribution >= 4 is 16.9 Å². The minimum absolute atomic E-state index is 0.0600. The first-order chi connectivity index (χ1) is 7.75. The Bertz CT molecular complexity index is 487. The molecule has 0 bridgehead atoms. The molecule has 1 aromatic carbocycles. The third-order valence-corrected chi connectivity index (χ3v) is 4.05. The van der Waals surface area contributed by atoms with Crippen molar-refractivity contribution in [1.29, 1.82) is 0 Å². The number of ether oxygens (including phenoxy) is 1. The van der Waals surface area contributed by atoms with Gasteiger partial charge in [0.2, 0.25) is 0 Å². The number of rotatable bonds is 1. The van der Waals surface area contributed by atoms with Gasteiger partial charge >= 0.3 is 0 Å². The number of benzene rings is 1. The molecule has 0 amide bonds. The lowest BCUT2D eigenvalue weighted by Crippen LogP contribution is -2.36. The van der Waals surface area contributed by atoms with Gasteiger partial charge in [0.1, 0.15) is 5.60 Å². The van der Waals surface area contributed by atoms with Crippen molar-refractivity contribution in [2.75, 3.05) is 11.5 Å². The van der Waals surface area contributed by atoms with E-state index in [-0.39, 0.29) is 11.0 Å². The second-order valence-corrected chi connectivity index (χ2v) is 5.63. The fourth-order valence-electron chi connectivity index (χ4n) is 2.00. The highest BCUT2D eigenvalue weighted by atomic mass is 16.5. The lowest BCUT2D eigenvalue weighted by Gasteiger charge is -2.35. The van der Waals surface area contributed by atoms with Crippen molar-refractivity contribution < 1.29 is 4.74 Å². The van der Waals surface area contributed by atoms with Crippen molar-refractivity contribution in [1.82, 2.24) is 0 Å². The smallest absolute Gasteiger partial charge is 0.112 e. The van der Waals surface area contributed by atoms with Gasteiger partial charge in [-0.2, -0.15) is 0 Å². The first-order valence-corrected chi connectivity index (χ1v) is 5.79. The minimum Gasteiger partial charge on any atom is -0.494 e. The van der Waals surface area contributed by atoms with Crippen LogP contribution in [-0.2, 0) is 4.74 Å². The largest absolute Gasteiger partial charge is 0.494 e. The summed E-state index contributed by atoms with van der Waals surface area (Å²) < 4.78 is 5.76. The van der Waals surface area contributed by atoms with Crippen LogP contribution in [0.25, 0.3) is 5.57 Å². The Balaban J connectivity index is 2.46. The molecule has 0 radical (unpaired) electrons. The predicted octanol–water partition coefficient (Wildman–Crippen LogP) is 3.03. The summed E-state index contributed by atoms with van der Waals surface area (Å²) in [7, 11) is 0. The van der Waals surface area contributed by atoms with E-state index in [4.69, 9.17) is 16.2 Å². The molecule has 0 fully saturated rings. The van der Waals surface area contributed by atoms with Crippen LogP contribution in [0.5, 0.6) is 0 Å². The van der Waals surface area contributed by atoms with E-state index in [9.17, 15) is 0 Å². The Hall–Kier alpha value is -1.64. The first-order valence-electron chi connectivity index (χ1n) is 5.79. The molecule has 0 saturated carbocycles. The lowest BCUT2D eigenvalue weighted by molar-refractivity contribution is 0.00942. The van der Waals surface area contributed by atoms with Gasteiger partial charge in [-0.15, -0.1) is 0 Å². The Morgan fingerprint density at radius 3 is 2.12 bits per heavy atom. The third-order valence-electron chi connectivity index (χ3n) is 4.05. The molecule has 0 spiro atoms. The van der Waals surface area contributed by atoms with Gasteiger partial charge in [0.05, 0.1) is 17.6 Å². The van der Waals surface area contributed by atoms with Gasteiger partial charge < -0.3 is 16.2 Å². The summed E-state index contributed by atoms with van der Waals surface area (Å²) in [6.45, 7) is 8.55. The van der Waals surface area contributed by atoms with E-state index >= 15 is 0 Å². The molecule has 3 nitrogen and oxygen atoms in total. The van der Waals surface area contributed by atoms with Crippen molar-refractivity contribution in [3.8, 4) is 0 Å². The quantitative estimate of drug-likeness (QED) is 0.732. The minimum atomic E-state index is -0.210. The molecule has 2 rings (SSSR count). The second-order valence-electron chi connectivity index (χ2n) is 5.63. The maximum absolute atomic E-state index is 5.85. The normalized spacial score (nSPS) is 20.8. The van der Waals surface area contributed by atoms with Gasteiger partial charge in [0.25, 0.3) is 0 Å². The van der Waals surface area contributed by atoms with E-state index in [1.54, 1.807) is 0 Å². The van der Waals surface area contributed by atoms with Crippen LogP contribution in [0, 0.1) is 5.41 Å². The van der Waals surface area contributed by atoms with E-state index in [2.05, 4.69) is 27.7 Å². The zero-order valence-corrected chi connectivity index (χ0v) is 10.9. The zero-order chi connectivity index (χ0) is 12.8. The second kappa shape index (κ2) is 3.42. The Morgan fingerprint density at radius 2 is 1.65 bits per heavy atom. The highest BCUT2D eigenvalue weighted by molar-refractivity contribution is 5.77. The number of nitrogen functional groups attached to an aromatic ring is 2. The van der Waals surface area contributed by atoms with Gasteiger partial charge in [-0.1, -0.05) is 19.9 Å². The summed E-state index contributed by atoms with van der Waals surface area (Å²) in [5.74, 6) is 0. The molecule has 1 aromatic rings. The predicted molar refractivity (Wildman–Crippen MR) is 72.2 cm³/mol. The summed E-state index contributed by atoms with van der Waals surface area (Å²) >= 11 is 0. The fraction of sp³-hybridized carbons (Fsp3) is 0.429. The van der Waals surface area contributed by atoms with Gasteiger partial charge in [0.15, 0.2) is 0 Å². The molecule has 0 aromatic heterocycles. The van der Waals surface area contributed by atoms with Gasteiger partial charge in [-0.3, -0.25) is 0 Å². The standard InChI is InChI=1S/C14H20N2O/c1-13(2)10(8-17-14(13,3)4)9-5-6-11(15)12(16)7-9/h5-8H,15-16H2,1-4H3. The van der Waals surface area contributed by atoms with E-state index in [0.29, 0.717) is 11.4 Å². The highest BCUT2D eigenvalue weighted by Gasteiger charge is 2.46. The molecule has 3 heteroatoms. The number of hydrogen-bond acceptors (Lipinski definition) is 3. The lowest BCUT2D eigenvalue weighted by atomic mass is 9.71. The van der Waals surface area contributed by atoms with Gasteiger partial charge in [-0.05, 0) is 31.5 Å².